The lowest BCUT2D eigenvalue weighted by Crippen LogP contribution is -2.54. The van der Waals surface area contributed by atoms with Crippen molar-refractivity contribution in [2.24, 2.45) is 0 Å². The zero-order valence-corrected chi connectivity index (χ0v) is 14.3. The normalized spacial score (nSPS) is 25.0. The van der Waals surface area contributed by atoms with Gasteiger partial charge in [0.25, 0.3) is 0 Å². The molecule has 0 bridgehead atoms. The van der Waals surface area contributed by atoms with Crippen LogP contribution in [0.3, 0.4) is 0 Å². The molecule has 21 heavy (non-hydrogen) atoms. The summed E-state index contributed by atoms with van der Waals surface area (Å²) in [5.74, 6) is -0.731. The molecule has 1 saturated heterocycles. The highest BCUT2D eigenvalue weighted by Gasteiger charge is 2.36. The first-order chi connectivity index (χ1) is 9.94. The van der Waals surface area contributed by atoms with E-state index in [0.717, 1.165) is 25.9 Å². The third-order valence-corrected chi connectivity index (χ3v) is 4.90. The van der Waals surface area contributed by atoms with Crippen molar-refractivity contribution in [2.45, 2.75) is 90.3 Å². The minimum Gasteiger partial charge on any atom is -0.480 e. The van der Waals surface area contributed by atoms with E-state index < -0.39 is 11.5 Å². The van der Waals surface area contributed by atoms with Gasteiger partial charge in [-0.1, -0.05) is 26.7 Å². The molecule has 4 heteroatoms. The number of nitrogens with zero attached hydrogens (tertiary/aromatic N) is 1. The van der Waals surface area contributed by atoms with E-state index in [2.05, 4.69) is 31.0 Å². The van der Waals surface area contributed by atoms with Gasteiger partial charge in [0.15, 0.2) is 0 Å². The second-order valence-corrected chi connectivity index (χ2v) is 6.77. The fourth-order valence-electron chi connectivity index (χ4n) is 3.56. The molecule has 0 aliphatic carbocycles. The second-order valence-electron chi connectivity index (χ2n) is 6.77. The predicted molar refractivity (Wildman–Crippen MR) is 87.7 cm³/mol. The van der Waals surface area contributed by atoms with Gasteiger partial charge in [0.05, 0.1) is 0 Å². The van der Waals surface area contributed by atoms with Crippen LogP contribution in [0.1, 0.15) is 72.6 Å². The number of hydrogen-bond acceptors (Lipinski definition) is 3. The van der Waals surface area contributed by atoms with E-state index in [1.54, 1.807) is 0 Å². The van der Waals surface area contributed by atoms with Crippen molar-refractivity contribution in [3.8, 4) is 0 Å². The Bertz CT molecular complexity index is 322. The molecule has 0 spiro atoms. The van der Waals surface area contributed by atoms with E-state index in [-0.39, 0.29) is 0 Å². The molecule has 0 radical (unpaired) electrons. The smallest absolute Gasteiger partial charge is 0.323 e. The first-order valence-corrected chi connectivity index (χ1v) is 8.68. The first kappa shape index (κ1) is 18.4. The van der Waals surface area contributed by atoms with Crippen LogP contribution in [-0.2, 0) is 4.79 Å². The Kier molecular flexibility index (Phi) is 7.67. The minimum atomic E-state index is -0.819. The molecule has 0 aromatic carbocycles. The molecule has 3 atom stereocenters. The highest BCUT2D eigenvalue weighted by molar-refractivity contribution is 5.78. The van der Waals surface area contributed by atoms with Crippen molar-refractivity contribution in [3.63, 3.8) is 0 Å². The average Bonchev–Trinajstić information content (AvgIpc) is 2.70. The van der Waals surface area contributed by atoms with Crippen molar-refractivity contribution in [1.29, 1.82) is 0 Å². The topological polar surface area (TPSA) is 52.6 Å². The van der Waals surface area contributed by atoms with Gasteiger partial charge < -0.3 is 10.4 Å². The van der Waals surface area contributed by atoms with Gasteiger partial charge in [0, 0.05) is 12.1 Å². The molecule has 2 N–H and O–H groups in total. The second kappa shape index (κ2) is 8.74. The zero-order chi connectivity index (χ0) is 15.9. The lowest BCUT2D eigenvalue weighted by atomic mass is 9.91. The summed E-state index contributed by atoms with van der Waals surface area (Å²) in [4.78, 5) is 14.2. The summed E-state index contributed by atoms with van der Waals surface area (Å²) in [5.41, 5.74) is -0.819. The number of aliphatic carboxylic acids is 1. The van der Waals surface area contributed by atoms with Crippen molar-refractivity contribution in [3.05, 3.63) is 0 Å². The Morgan fingerprint density at radius 2 is 2.10 bits per heavy atom. The van der Waals surface area contributed by atoms with Crippen LogP contribution in [0.4, 0.5) is 0 Å². The largest absolute Gasteiger partial charge is 0.480 e. The van der Waals surface area contributed by atoms with E-state index in [1.807, 2.05) is 6.92 Å². The fourth-order valence-corrected chi connectivity index (χ4v) is 3.56. The van der Waals surface area contributed by atoms with Crippen LogP contribution in [0.25, 0.3) is 0 Å². The average molecular weight is 298 g/mol. The Hall–Kier alpha value is -0.610. The van der Waals surface area contributed by atoms with Crippen LogP contribution in [0.2, 0.25) is 0 Å². The van der Waals surface area contributed by atoms with E-state index >= 15 is 0 Å². The third kappa shape index (κ3) is 5.26. The van der Waals surface area contributed by atoms with Crippen LogP contribution >= 0.6 is 0 Å². The van der Waals surface area contributed by atoms with Gasteiger partial charge in [-0.15, -0.1) is 0 Å². The van der Waals surface area contributed by atoms with Gasteiger partial charge in [0.2, 0.25) is 0 Å². The van der Waals surface area contributed by atoms with E-state index in [0.29, 0.717) is 18.5 Å². The van der Waals surface area contributed by atoms with Crippen molar-refractivity contribution < 1.29 is 9.90 Å². The Balaban J connectivity index is 2.74. The summed E-state index contributed by atoms with van der Waals surface area (Å²) >= 11 is 0. The number of likely N-dealkylation sites (tertiary alicyclic amines) is 1. The zero-order valence-electron chi connectivity index (χ0n) is 14.3. The Labute approximate surface area is 130 Å². The van der Waals surface area contributed by atoms with Crippen molar-refractivity contribution >= 4 is 5.97 Å². The van der Waals surface area contributed by atoms with Gasteiger partial charge in [-0.05, 0) is 59.0 Å². The highest BCUT2D eigenvalue weighted by Crippen LogP contribution is 2.25. The van der Waals surface area contributed by atoms with E-state index in [4.69, 9.17) is 0 Å². The fraction of sp³-hybridized carbons (Fsp3) is 0.941. The minimum absolute atomic E-state index is 0.304. The number of rotatable bonds is 8. The molecule has 1 rings (SSSR count). The molecule has 0 aromatic rings. The van der Waals surface area contributed by atoms with Crippen LogP contribution in [0.5, 0.6) is 0 Å². The van der Waals surface area contributed by atoms with Crippen LogP contribution in [0, 0.1) is 0 Å². The monoisotopic (exact) mass is 298 g/mol. The quantitative estimate of drug-likeness (QED) is 0.722. The molecule has 0 saturated carbocycles. The lowest BCUT2D eigenvalue weighted by molar-refractivity contribution is -0.145. The summed E-state index contributed by atoms with van der Waals surface area (Å²) in [6, 6.07) is 0.922. The number of carboxylic acid groups (broad SMARTS) is 1. The van der Waals surface area contributed by atoms with E-state index in [1.165, 1.54) is 25.7 Å². The van der Waals surface area contributed by atoms with Crippen LogP contribution < -0.4 is 5.32 Å². The first-order valence-electron chi connectivity index (χ1n) is 8.68. The van der Waals surface area contributed by atoms with Gasteiger partial charge in [0.1, 0.15) is 5.54 Å². The van der Waals surface area contributed by atoms with Crippen LogP contribution in [-0.4, -0.2) is 46.7 Å². The highest BCUT2D eigenvalue weighted by atomic mass is 16.4. The molecule has 124 valence electrons. The number of carbonyl (C=O) groups is 1. The van der Waals surface area contributed by atoms with Crippen LogP contribution in [0.15, 0.2) is 0 Å². The molecule has 1 aliphatic heterocycles. The standard InChI is InChI=1S/C17H34N2O2/c1-5-11-18-17(4,16(20)21)13-14(3)19-12-9-7-8-10-15(19)6-2/h14-15,18H,5-13H2,1-4H3,(H,20,21). The number of nitrogens with one attached hydrogen (secondary N) is 1. The van der Waals surface area contributed by atoms with Crippen molar-refractivity contribution in [2.75, 3.05) is 13.1 Å². The molecule has 0 amide bonds. The van der Waals surface area contributed by atoms with Gasteiger partial charge in [-0.2, -0.15) is 0 Å². The number of hydrogen-bond donors (Lipinski definition) is 2. The molecule has 1 heterocycles. The predicted octanol–water partition coefficient (Wildman–Crippen LogP) is 3.26. The summed E-state index contributed by atoms with van der Waals surface area (Å²) in [6.45, 7) is 10.2. The maximum atomic E-state index is 11.7. The summed E-state index contributed by atoms with van der Waals surface area (Å²) in [6.07, 6.45) is 7.91. The summed E-state index contributed by atoms with van der Waals surface area (Å²) < 4.78 is 0. The molecular formula is C17H34N2O2. The summed E-state index contributed by atoms with van der Waals surface area (Å²) in [5, 5.41) is 12.8. The SMILES string of the molecule is CCCNC(C)(CC(C)N1CCCCCC1CC)C(=O)O. The number of carboxylic acids is 1. The molecule has 0 aromatic heterocycles. The maximum Gasteiger partial charge on any atom is 0.323 e. The molecular weight excluding hydrogens is 264 g/mol. The van der Waals surface area contributed by atoms with Gasteiger partial charge in [-0.25, -0.2) is 0 Å². The van der Waals surface area contributed by atoms with Gasteiger partial charge in [-0.3, -0.25) is 9.69 Å². The molecule has 3 unspecified atom stereocenters. The maximum absolute atomic E-state index is 11.7. The van der Waals surface area contributed by atoms with Crippen molar-refractivity contribution in [1.82, 2.24) is 10.2 Å². The summed E-state index contributed by atoms with van der Waals surface area (Å²) in [7, 11) is 0. The lowest BCUT2D eigenvalue weighted by Gasteiger charge is -2.39. The van der Waals surface area contributed by atoms with E-state index in [9.17, 15) is 9.90 Å². The Morgan fingerprint density at radius 1 is 1.38 bits per heavy atom. The molecule has 4 nitrogen and oxygen atoms in total. The Morgan fingerprint density at radius 3 is 2.67 bits per heavy atom. The molecule has 1 aliphatic rings. The van der Waals surface area contributed by atoms with Gasteiger partial charge >= 0.3 is 5.97 Å². The third-order valence-electron chi connectivity index (χ3n) is 4.90. The molecule has 1 fully saturated rings.